The van der Waals surface area contributed by atoms with Crippen molar-refractivity contribution >= 4 is 46.8 Å². The number of nitrogens with one attached hydrogen (secondary N) is 2. The number of benzene rings is 2. The van der Waals surface area contributed by atoms with Gasteiger partial charge in [0.2, 0.25) is 5.91 Å². The fourth-order valence-corrected chi connectivity index (χ4v) is 2.83. The summed E-state index contributed by atoms with van der Waals surface area (Å²) in [5.74, 6) is -1.33. The molecule has 0 bridgehead atoms. The van der Waals surface area contributed by atoms with Crippen LogP contribution >= 0.6 is 11.8 Å². The highest BCUT2D eigenvalue weighted by molar-refractivity contribution is 7.98. The average Bonchev–Trinajstić information content (AvgIpc) is 2.65. The second-order valence-corrected chi connectivity index (χ2v) is 6.51. The van der Waals surface area contributed by atoms with Crippen LogP contribution in [0.5, 0.6) is 0 Å². The third-order valence-electron chi connectivity index (χ3n) is 3.55. The average molecular weight is 401 g/mol. The Bertz CT molecular complexity index is 912. The first-order valence-electron chi connectivity index (χ1n) is 8.12. The molecule has 8 nitrogen and oxygen atoms in total. The van der Waals surface area contributed by atoms with Crippen molar-refractivity contribution in [2.75, 3.05) is 23.5 Å². The van der Waals surface area contributed by atoms with Gasteiger partial charge in [-0.05, 0) is 42.7 Å². The summed E-state index contributed by atoms with van der Waals surface area (Å²) in [6.07, 6.45) is 1.86. The summed E-state index contributed by atoms with van der Waals surface area (Å²) in [4.78, 5) is 47.3. The maximum Gasteiger partial charge on any atom is 0.338 e. The van der Waals surface area contributed by atoms with Crippen LogP contribution in [-0.4, -0.2) is 36.6 Å². The van der Waals surface area contributed by atoms with E-state index >= 15 is 0 Å². The molecular formula is C19H19N3O5S. The number of primary amides is 1. The molecule has 0 saturated carbocycles. The van der Waals surface area contributed by atoms with Gasteiger partial charge < -0.3 is 21.1 Å². The highest BCUT2D eigenvalue weighted by atomic mass is 32.2. The number of ketones is 1. The zero-order chi connectivity index (χ0) is 20.7. The number of urea groups is 1. The molecule has 4 N–H and O–H groups in total. The van der Waals surface area contributed by atoms with E-state index in [1.807, 2.05) is 6.26 Å². The van der Waals surface area contributed by atoms with Crippen LogP contribution in [0.4, 0.5) is 16.2 Å². The van der Waals surface area contributed by atoms with E-state index in [1.165, 1.54) is 43.0 Å². The topological polar surface area (TPSA) is 128 Å². The molecule has 0 aliphatic heterocycles. The first-order valence-corrected chi connectivity index (χ1v) is 9.35. The third kappa shape index (κ3) is 5.85. The second kappa shape index (κ2) is 9.56. The summed E-state index contributed by atoms with van der Waals surface area (Å²) in [6, 6.07) is 10.0. The summed E-state index contributed by atoms with van der Waals surface area (Å²) in [5.41, 5.74) is 6.50. The number of ether oxygens (including phenoxy) is 1. The van der Waals surface area contributed by atoms with Crippen molar-refractivity contribution < 1.29 is 23.9 Å². The van der Waals surface area contributed by atoms with E-state index < -0.39 is 24.4 Å². The van der Waals surface area contributed by atoms with E-state index in [4.69, 9.17) is 10.5 Å². The molecule has 2 aromatic carbocycles. The van der Waals surface area contributed by atoms with E-state index in [0.717, 1.165) is 4.90 Å². The molecule has 0 atom stereocenters. The van der Waals surface area contributed by atoms with Crippen molar-refractivity contribution in [3.63, 3.8) is 0 Å². The Hall–Kier alpha value is -3.33. The van der Waals surface area contributed by atoms with Gasteiger partial charge in [-0.2, -0.15) is 0 Å². The summed E-state index contributed by atoms with van der Waals surface area (Å²) in [7, 11) is 0. The predicted molar refractivity (Wildman–Crippen MR) is 107 cm³/mol. The largest absolute Gasteiger partial charge is 0.454 e. The number of Topliss-reactive ketones (excluding diaryl/α,β-unsaturated/α-hetero) is 1. The van der Waals surface area contributed by atoms with Crippen molar-refractivity contribution in [1.29, 1.82) is 0 Å². The molecule has 0 radical (unpaired) electrons. The van der Waals surface area contributed by atoms with Crippen LogP contribution in [0.2, 0.25) is 0 Å². The highest BCUT2D eigenvalue weighted by Gasteiger charge is 2.14. The number of hydrogen-bond donors (Lipinski definition) is 3. The van der Waals surface area contributed by atoms with Crippen molar-refractivity contribution in [3.05, 3.63) is 53.6 Å². The van der Waals surface area contributed by atoms with Gasteiger partial charge in [-0.25, -0.2) is 9.59 Å². The van der Waals surface area contributed by atoms with Gasteiger partial charge in [-0.1, -0.05) is 6.07 Å². The van der Waals surface area contributed by atoms with Gasteiger partial charge in [0.05, 0.1) is 11.3 Å². The molecule has 3 amide bonds. The molecule has 0 heterocycles. The third-order valence-corrected chi connectivity index (χ3v) is 4.35. The summed E-state index contributed by atoms with van der Waals surface area (Å²) in [5, 5.41) is 5.04. The second-order valence-electron chi connectivity index (χ2n) is 5.66. The summed E-state index contributed by atoms with van der Waals surface area (Å²) >= 11 is 1.43. The van der Waals surface area contributed by atoms with Gasteiger partial charge in [0.15, 0.2) is 12.4 Å². The lowest BCUT2D eigenvalue weighted by atomic mass is 10.1. The standard InChI is InChI=1S/C19H19N3O5S/c1-11(23)21-15-9-13(5-8-17(15)28-2)16(24)10-27-18(25)12-3-6-14(7-4-12)22-19(20)26/h3-9H,10H2,1-2H3,(H,21,23)(H3,20,22,26). The van der Waals surface area contributed by atoms with Gasteiger partial charge in [0.25, 0.3) is 0 Å². The molecule has 0 aromatic heterocycles. The first-order chi connectivity index (χ1) is 13.3. The summed E-state index contributed by atoms with van der Waals surface area (Å²) < 4.78 is 5.05. The first kappa shape index (κ1) is 21.0. The molecule has 28 heavy (non-hydrogen) atoms. The molecule has 2 rings (SSSR count). The van der Waals surface area contributed by atoms with E-state index in [0.29, 0.717) is 16.9 Å². The number of carbonyl (C=O) groups is 4. The Morgan fingerprint density at radius 2 is 1.64 bits per heavy atom. The molecule has 0 aliphatic carbocycles. The fourth-order valence-electron chi connectivity index (χ4n) is 2.30. The number of amides is 3. The van der Waals surface area contributed by atoms with E-state index in [9.17, 15) is 19.2 Å². The minimum Gasteiger partial charge on any atom is -0.454 e. The van der Waals surface area contributed by atoms with Gasteiger partial charge in [0.1, 0.15) is 0 Å². The smallest absolute Gasteiger partial charge is 0.338 e. The van der Waals surface area contributed by atoms with Crippen LogP contribution in [0, 0.1) is 0 Å². The molecule has 146 valence electrons. The molecule has 0 unspecified atom stereocenters. The Morgan fingerprint density at radius 3 is 2.21 bits per heavy atom. The number of esters is 1. The van der Waals surface area contributed by atoms with Gasteiger partial charge >= 0.3 is 12.0 Å². The van der Waals surface area contributed by atoms with Crippen molar-refractivity contribution in [2.45, 2.75) is 11.8 Å². The van der Waals surface area contributed by atoms with Crippen LogP contribution in [-0.2, 0) is 9.53 Å². The van der Waals surface area contributed by atoms with Crippen LogP contribution < -0.4 is 16.4 Å². The SMILES string of the molecule is CSc1ccc(C(=O)COC(=O)c2ccc(NC(N)=O)cc2)cc1NC(C)=O. The molecule has 0 fully saturated rings. The van der Waals surface area contributed by atoms with E-state index in [-0.39, 0.29) is 11.5 Å². The Labute approximate surface area is 165 Å². The van der Waals surface area contributed by atoms with E-state index in [2.05, 4.69) is 10.6 Å². The zero-order valence-electron chi connectivity index (χ0n) is 15.3. The lowest BCUT2D eigenvalue weighted by Gasteiger charge is -2.10. The maximum absolute atomic E-state index is 12.3. The highest BCUT2D eigenvalue weighted by Crippen LogP contribution is 2.26. The Kier molecular flexibility index (Phi) is 7.16. The normalized spacial score (nSPS) is 10.1. The van der Waals surface area contributed by atoms with Crippen molar-refractivity contribution in [1.82, 2.24) is 0 Å². The number of hydrogen-bond acceptors (Lipinski definition) is 6. The minimum absolute atomic E-state index is 0.222. The number of thioether (sulfide) groups is 1. The van der Waals surface area contributed by atoms with Crippen LogP contribution in [0.1, 0.15) is 27.6 Å². The fraction of sp³-hybridized carbons (Fsp3) is 0.158. The van der Waals surface area contributed by atoms with Crippen LogP contribution in [0.15, 0.2) is 47.4 Å². The zero-order valence-corrected chi connectivity index (χ0v) is 16.1. The monoisotopic (exact) mass is 401 g/mol. The lowest BCUT2D eigenvalue weighted by molar-refractivity contribution is -0.114. The lowest BCUT2D eigenvalue weighted by Crippen LogP contribution is -2.19. The van der Waals surface area contributed by atoms with Gasteiger partial charge in [0, 0.05) is 23.1 Å². The van der Waals surface area contributed by atoms with Gasteiger partial charge in [-0.15, -0.1) is 11.8 Å². The number of rotatable bonds is 7. The number of carbonyl (C=O) groups excluding carboxylic acids is 4. The molecule has 0 aliphatic rings. The molecular weight excluding hydrogens is 382 g/mol. The molecule has 9 heteroatoms. The predicted octanol–water partition coefficient (Wildman–Crippen LogP) is 2.90. The quantitative estimate of drug-likeness (QED) is 0.372. The Morgan fingerprint density at radius 1 is 1.00 bits per heavy atom. The Balaban J connectivity index is 2.02. The maximum atomic E-state index is 12.3. The summed E-state index contributed by atoms with van der Waals surface area (Å²) in [6.45, 7) is 0.933. The van der Waals surface area contributed by atoms with Crippen molar-refractivity contribution in [3.8, 4) is 0 Å². The molecule has 0 spiro atoms. The van der Waals surface area contributed by atoms with Gasteiger partial charge in [-0.3, -0.25) is 9.59 Å². The number of anilines is 2. The number of nitrogens with two attached hydrogens (primary N) is 1. The van der Waals surface area contributed by atoms with E-state index in [1.54, 1.807) is 18.2 Å². The minimum atomic E-state index is -0.716. The van der Waals surface area contributed by atoms with Crippen molar-refractivity contribution in [2.24, 2.45) is 5.73 Å². The van der Waals surface area contributed by atoms with Crippen LogP contribution in [0.25, 0.3) is 0 Å². The molecule has 0 saturated heterocycles. The molecule has 2 aromatic rings. The van der Waals surface area contributed by atoms with Crippen LogP contribution in [0.3, 0.4) is 0 Å².